The number of piperazine rings is 1. The van der Waals surface area contributed by atoms with Gasteiger partial charge in [0.1, 0.15) is 5.75 Å². The molecule has 1 aromatic carbocycles. The Balaban J connectivity index is 1.82. The third-order valence-corrected chi connectivity index (χ3v) is 3.86. The Hall–Kier alpha value is -1.10. The van der Waals surface area contributed by atoms with Crippen LogP contribution < -0.4 is 10.1 Å². The number of hydrogen-bond donors (Lipinski definition) is 2. The second-order valence-corrected chi connectivity index (χ2v) is 4.95. The number of nitrogens with one attached hydrogen (secondary N) is 1. The summed E-state index contributed by atoms with van der Waals surface area (Å²) in [5.74, 6) is 1.01. The first kappa shape index (κ1) is 12.0. The maximum Gasteiger partial charge on any atom is 0.122 e. The second-order valence-electron chi connectivity index (χ2n) is 4.95. The van der Waals surface area contributed by atoms with E-state index in [4.69, 9.17) is 4.74 Å². The van der Waals surface area contributed by atoms with E-state index in [9.17, 15) is 5.11 Å². The molecule has 1 atom stereocenters. The molecule has 0 aliphatic carbocycles. The number of ether oxygens (including phenoxy) is 1. The number of benzene rings is 1. The Morgan fingerprint density at radius 2 is 2.17 bits per heavy atom. The summed E-state index contributed by atoms with van der Waals surface area (Å²) in [6.45, 7) is 4.97. The van der Waals surface area contributed by atoms with Crippen LogP contribution in [0.2, 0.25) is 0 Å². The van der Waals surface area contributed by atoms with E-state index in [1.54, 1.807) is 0 Å². The van der Waals surface area contributed by atoms with E-state index >= 15 is 0 Å². The van der Waals surface area contributed by atoms with E-state index in [0.717, 1.165) is 45.0 Å². The van der Waals surface area contributed by atoms with Gasteiger partial charge in [-0.3, -0.25) is 4.90 Å². The van der Waals surface area contributed by atoms with Crippen molar-refractivity contribution < 1.29 is 9.84 Å². The third kappa shape index (κ3) is 2.23. The summed E-state index contributed by atoms with van der Waals surface area (Å²) < 4.78 is 5.53. The van der Waals surface area contributed by atoms with Crippen molar-refractivity contribution in [2.24, 2.45) is 0 Å². The van der Waals surface area contributed by atoms with E-state index in [2.05, 4.69) is 22.3 Å². The van der Waals surface area contributed by atoms with Gasteiger partial charge in [0.25, 0.3) is 0 Å². The fourth-order valence-corrected chi connectivity index (χ4v) is 2.84. The van der Waals surface area contributed by atoms with Crippen molar-refractivity contribution in [1.82, 2.24) is 10.2 Å². The SMILES string of the molecule is OC[C@H](c1ccc2c(c1)CCO2)N1CCNCC1. The van der Waals surface area contributed by atoms with Crippen LogP contribution in [0.5, 0.6) is 5.75 Å². The molecule has 18 heavy (non-hydrogen) atoms. The van der Waals surface area contributed by atoms with Crippen molar-refractivity contribution in [3.8, 4) is 5.75 Å². The van der Waals surface area contributed by atoms with Gasteiger partial charge in [0.2, 0.25) is 0 Å². The zero-order valence-electron chi connectivity index (χ0n) is 10.6. The Morgan fingerprint density at radius 1 is 1.33 bits per heavy atom. The largest absolute Gasteiger partial charge is 0.493 e. The molecule has 2 aliphatic heterocycles. The predicted octanol–water partition coefficient (Wildman–Crippen LogP) is 0.560. The molecule has 1 saturated heterocycles. The van der Waals surface area contributed by atoms with Gasteiger partial charge in [-0.25, -0.2) is 0 Å². The van der Waals surface area contributed by atoms with Gasteiger partial charge in [-0.2, -0.15) is 0 Å². The molecule has 0 bridgehead atoms. The molecule has 0 amide bonds. The number of fused-ring (bicyclic) bond motifs is 1. The Kier molecular flexibility index (Phi) is 3.50. The topological polar surface area (TPSA) is 44.7 Å². The maximum absolute atomic E-state index is 9.69. The van der Waals surface area contributed by atoms with Crippen molar-refractivity contribution in [2.75, 3.05) is 39.4 Å². The minimum Gasteiger partial charge on any atom is -0.493 e. The van der Waals surface area contributed by atoms with Crippen LogP contribution in [0.15, 0.2) is 18.2 Å². The molecule has 2 aliphatic rings. The summed E-state index contributed by atoms with van der Waals surface area (Å²) in [4.78, 5) is 2.36. The molecule has 4 heteroatoms. The summed E-state index contributed by atoms with van der Waals surface area (Å²) >= 11 is 0. The molecule has 0 spiro atoms. The molecule has 3 rings (SSSR count). The molecule has 0 radical (unpaired) electrons. The van der Waals surface area contributed by atoms with Crippen molar-refractivity contribution >= 4 is 0 Å². The highest BCUT2D eigenvalue weighted by Crippen LogP contribution is 2.30. The molecular weight excluding hydrogens is 228 g/mol. The van der Waals surface area contributed by atoms with Crippen molar-refractivity contribution in [3.05, 3.63) is 29.3 Å². The summed E-state index contributed by atoms with van der Waals surface area (Å²) in [5, 5.41) is 13.0. The van der Waals surface area contributed by atoms with E-state index < -0.39 is 0 Å². The lowest BCUT2D eigenvalue weighted by molar-refractivity contribution is 0.111. The molecule has 0 unspecified atom stereocenters. The van der Waals surface area contributed by atoms with Gasteiger partial charge in [0, 0.05) is 32.6 Å². The first-order valence-corrected chi connectivity index (χ1v) is 6.70. The highest BCUT2D eigenvalue weighted by molar-refractivity contribution is 5.40. The molecule has 2 N–H and O–H groups in total. The van der Waals surface area contributed by atoms with E-state index in [0.29, 0.717) is 0 Å². The number of rotatable bonds is 3. The van der Waals surface area contributed by atoms with Crippen LogP contribution in [0.1, 0.15) is 17.2 Å². The van der Waals surface area contributed by atoms with Crippen LogP contribution in [0.4, 0.5) is 0 Å². The standard InChI is InChI=1S/C14H20N2O2/c17-10-13(16-6-4-15-5-7-16)11-1-2-14-12(9-11)3-8-18-14/h1-2,9,13,15,17H,3-8,10H2/t13-/m1/s1. The minimum absolute atomic E-state index is 0.123. The number of aliphatic hydroxyl groups excluding tert-OH is 1. The van der Waals surface area contributed by atoms with Crippen LogP contribution >= 0.6 is 0 Å². The first-order valence-electron chi connectivity index (χ1n) is 6.70. The number of aliphatic hydroxyl groups is 1. The monoisotopic (exact) mass is 248 g/mol. The van der Waals surface area contributed by atoms with Gasteiger partial charge in [-0.15, -0.1) is 0 Å². The van der Waals surface area contributed by atoms with Gasteiger partial charge in [-0.1, -0.05) is 12.1 Å². The fraction of sp³-hybridized carbons (Fsp3) is 0.571. The van der Waals surface area contributed by atoms with Crippen LogP contribution in [0.25, 0.3) is 0 Å². The van der Waals surface area contributed by atoms with Gasteiger partial charge < -0.3 is 15.2 Å². The minimum atomic E-state index is 0.123. The van der Waals surface area contributed by atoms with Gasteiger partial charge >= 0.3 is 0 Å². The smallest absolute Gasteiger partial charge is 0.122 e. The van der Waals surface area contributed by atoms with E-state index in [1.807, 2.05) is 6.07 Å². The summed E-state index contributed by atoms with van der Waals surface area (Å²) in [5.41, 5.74) is 2.49. The molecule has 2 heterocycles. The highest BCUT2D eigenvalue weighted by Gasteiger charge is 2.23. The fourth-order valence-electron chi connectivity index (χ4n) is 2.84. The molecule has 98 valence electrons. The summed E-state index contributed by atoms with van der Waals surface area (Å²) in [7, 11) is 0. The predicted molar refractivity (Wildman–Crippen MR) is 69.9 cm³/mol. The molecule has 0 aromatic heterocycles. The van der Waals surface area contributed by atoms with E-state index in [-0.39, 0.29) is 12.6 Å². The molecule has 1 aromatic rings. The maximum atomic E-state index is 9.69. The number of hydrogen-bond acceptors (Lipinski definition) is 4. The third-order valence-electron chi connectivity index (χ3n) is 3.86. The van der Waals surface area contributed by atoms with Crippen LogP contribution in [-0.2, 0) is 6.42 Å². The molecule has 1 fully saturated rings. The highest BCUT2D eigenvalue weighted by atomic mass is 16.5. The number of nitrogens with zero attached hydrogens (tertiary/aromatic N) is 1. The Morgan fingerprint density at radius 3 is 2.94 bits per heavy atom. The average molecular weight is 248 g/mol. The van der Waals surface area contributed by atoms with Gasteiger partial charge in [0.05, 0.1) is 19.3 Å². The quantitative estimate of drug-likeness (QED) is 0.820. The summed E-state index contributed by atoms with van der Waals surface area (Å²) in [6, 6.07) is 6.46. The first-order chi connectivity index (χ1) is 8.88. The van der Waals surface area contributed by atoms with Crippen LogP contribution in [-0.4, -0.2) is 49.4 Å². The second kappa shape index (κ2) is 5.26. The zero-order chi connectivity index (χ0) is 12.4. The van der Waals surface area contributed by atoms with Gasteiger partial charge in [0.15, 0.2) is 0 Å². The van der Waals surface area contributed by atoms with Crippen LogP contribution in [0, 0.1) is 0 Å². The van der Waals surface area contributed by atoms with Crippen molar-refractivity contribution in [3.63, 3.8) is 0 Å². The lowest BCUT2D eigenvalue weighted by Crippen LogP contribution is -2.46. The molecular formula is C14H20N2O2. The lowest BCUT2D eigenvalue weighted by Gasteiger charge is -2.34. The Labute approximate surface area is 108 Å². The van der Waals surface area contributed by atoms with Gasteiger partial charge in [-0.05, 0) is 17.2 Å². The Bertz CT molecular complexity index is 416. The van der Waals surface area contributed by atoms with Crippen molar-refractivity contribution in [1.29, 1.82) is 0 Å². The van der Waals surface area contributed by atoms with Crippen molar-refractivity contribution in [2.45, 2.75) is 12.5 Å². The molecule has 4 nitrogen and oxygen atoms in total. The molecule has 0 saturated carbocycles. The van der Waals surface area contributed by atoms with Crippen LogP contribution in [0.3, 0.4) is 0 Å². The normalized spacial score (nSPS) is 21.4. The lowest BCUT2D eigenvalue weighted by atomic mass is 10.0. The average Bonchev–Trinajstić information content (AvgIpc) is 2.88. The summed E-state index contributed by atoms with van der Waals surface area (Å²) in [6.07, 6.45) is 0.989. The zero-order valence-corrected chi connectivity index (χ0v) is 10.6. The van der Waals surface area contributed by atoms with E-state index in [1.165, 1.54) is 11.1 Å².